The second-order valence-electron chi connectivity index (χ2n) is 3.31. The third-order valence-corrected chi connectivity index (χ3v) is 2.22. The SMILES string of the molecule is CC.Cc1cc(C(=O)O)cn2c(C)cnc12. The Kier molecular flexibility index (Phi) is 3.66. The van der Waals surface area contributed by atoms with Crippen molar-refractivity contribution in [2.45, 2.75) is 27.7 Å². The minimum absolute atomic E-state index is 0.288. The largest absolute Gasteiger partial charge is 0.478 e. The predicted molar refractivity (Wildman–Crippen MR) is 63.0 cm³/mol. The van der Waals surface area contributed by atoms with Crippen LogP contribution < -0.4 is 0 Å². The van der Waals surface area contributed by atoms with E-state index in [1.54, 1.807) is 22.9 Å². The number of imidazole rings is 1. The maximum Gasteiger partial charge on any atom is 0.337 e. The number of pyridine rings is 1. The predicted octanol–water partition coefficient (Wildman–Crippen LogP) is 2.68. The number of hydrogen-bond acceptors (Lipinski definition) is 2. The average molecular weight is 220 g/mol. The first-order valence-corrected chi connectivity index (χ1v) is 5.27. The van der Waals surface area contributed by atoms with Crippen LogP contribution in [0.5, 0.6) is 0 Å². The Bertz CT molecular complexity index is 515. The van der Waals surface area contributed by atoms with Gasteiger partial charge in [-0.05, 0) is 25.5 Å². The van der Waals surface area contributed by atoms with Crippen molar-refractivity contribution >= 4 is 11.6 Å². The van der Waals surface area contributed by atoms with Gasteiger partial charge in [0, 0.05) is 18.1 Å². The van der Waals surface area contributed by atoms with E-state index in [4.69, 9.17) is 5.11 Å². The van der Waals surface area contributed by atoms with Gasteiger partial charge in [-0.1, -0.05) is 13.8 Å². The number of carbonyl (C=O) groups is 1. The molecule has 16 heavy (non-hydrogen) atoms. The molecule has 2 aromatic rings. The van der Waals surface area contributed by atoms with Crippen molar-refractivity contribution in [3.8, 4) is 0 Å². The summed E-state index contributed by atoms with van der Waals surface area (Å²) in [6.07, 6.45) is 3.32. The summed E-state index contributed by atoms with van der Waals surface area (Å²) in [6, 6.07) is 1.63. The molecule has 0 fully saturated rings. The number of aromatic carboxylic acids is 1. The molecule has 86 valence electrons. The van der Waals surface area contributed by atoms with Crippen LogP contribution in [0.2, 0.25) is 0 Å². The molecule has 0 saturated carbocycles. The van der Waals surface area contributed by atoms with Crippen LogP contribution in [0.4, 0.5) is 0 Å². The summed E-state index contributed by atoms with van der Waals surface area (Å²) in [5.74, 6) is -0.914. The fraction of sp³-hybridized carbons (Fsp3) is 0.333. The van der Waals surface area contributed by atoms with Gasteiger partial charge >= 0.3 is 5.97 Å². The van der Waals surface area contributed by atoms with Crippen LogP contribution in [0, 0.1) is 13.8 Å². The van der Waals surface area contributed by atoms with Crippen molar-refractivity contribution in [1.82, 2.24) is 9.38 Å². The molecule has 0 atom stereocenters. The van der Waals surface area contributed by atoms with Gasteiger partial charge in [-0.25, -0.2) is 9.78 Å². The molecule has 0 spiro atoms. The van der Waals surface area contributed by atoms with Crippen molar-refractivity contribution in [1.29, 1.82) is 0 Å². The van der Waals surface area contributed by atoms with Gasteiger partial charge in [0.05, 0.1) is 5.56 Å². The second kappa shape index (κ2) is 4.79. The fourth-order valence-corrected chi connectivity index (χ4v) is 1.49. The van der Waals surface area contributed by atoms with Crippen molar-refractivity contribution in [3.63, 3.8) is 0 Å². The summed E-state index contributed by atoms with van der Waals surface area (Å²) in [6.45, 7) is 7.75. The first kappa shape index (κ1) is 12.2. The Morgan fingerprint density at radius 1 is 1.38 bits per heavy atom. The summed E-state index contributed by atoms with van der Waals surface area (Å²) in [7, 11) is 0. The molecule has 2 aromatic heterocycles. The summed E-state index contributed by atoms with van der Waals surface area (Å²) in [5.41, 5.74) is 2.91. The average Bonchev–Trinajstić information content (AvgIpc) is 2.64. The lowest BCUT2D eigenvalue weighted by Gasteiger charge is -2.02. The lowest BCUT2D eigenvalue weighted by atomic mass is 10.2. The molecular formula is C12H16N2O2. The van der Waals surface area contributed by atoms with Crippen LogP contribution in [0.25, 0.3) is 5.65 Å². The number of fused-ring (bicyclic) bond motifs is 1. The highest BCUT2D eigenvalue weighted by molar-refractivity contribution is 5.88. The highest BCUT2D eigenvalue weighted by Crippen LogP contribution is 2.13. The van der Waals surface area contributed by atoms with E-state index >= 15 is 0 Å². The van der Waals surface area contributed by atoms with E-state index in [1.165, 1.54) is 0 Å². The molecule has 0 aliphatic rings. The van der Waals surface area contributed by atoms with Gasteiger partial charge in [-0.2, -0.15) is 0 Å². The maximum absolute atomic E-state index is 10.8. The molecule has 1 N–H and O–H groups in total. The topological polar surface area (TPSA) is 54.6 Å². The standard InChI is InChI=1S/C10H10N2O2.C2H6/c1-6-3-8(10(13)14)5-12-7(2)4-11-9(6)12;1-2/h3-5H,1-2H3,(H,13,14);1-2H3. The van der Waals surface area contributed by atoms with Crippen LogP contribution in [-0.4, -0.2) is 20.5 Å². The normalized spacial score (nSPS) is 9.75. The molecule has 0 aliphatic heterocycles. The summed E-state index contributed by atoms with van der Waals surface area (Å²) in [5, 5.41) is 8.86. The van der Waals surface area contributed by atoms with E-state index in [9.17, 15) is 4.79 Å². The number of hydrogen-bond donors (Lipinski definition) is 1. The van der Waals surface area contributed by atoms with Crippen LogP contribution >= 0.6 is 0 Å². The number of aryl methyl sites for hydroxylation is 2. The molecule has 0 amide bonds. The fourth-order valence-electron chi connectivity index (χ4n) is 1.49. The van der Waals surface area contributed by atoms with E-state index in [2.05, 4.69) is 4.98 Å². The highest BCUT2D eigenvalue weighted by atomic mass is 16.4. The maximum atomic E-state index is 10.8. The molecule has 0 unspecified atom stereocenters. The highest BCUT2D eigenvalue weighted by Gasteiger charge is 2.08. The zero-order valence-electron chi connectivity index (χ0n) is 9.98. The molecule has 0 aliphatic carbocycles. The Morgan fingerprint density at radius 2 is 2.00 bits per heavy atom. The second-order valence-corrected chi connectivity index (χ2v) is 3.31. The van der Waals surface area contributed by atoms with Crippen LogP contribution in [0.1, 0.15) is 35.5 Å². The number of carboxylic acids is 1. The van der Waals surface area contributed by atoms with E-state index in [1.807, 2.05) is 27.7 Å². The quantitative estimate of drug-likeness (QED) is 0.803. The minimum atomic E-state index is -0.914. The first-order chi connectivity index (χ1) is 7.59. The number of rotatable bonds is 1. The van der Waals surface area contributed by atoms with Crippen LogP contribution in [-0.2, 0) is 0 Å². The van der Waals surface area contributed by atoms with Crippen molar-refractivity contribution in [2.75, 3.05) is 0 Å². The Balaban J connectivity index is 0.000000606. The molecule has 0 aromatic carbocycles. The lowest BCUT2D eigenvalue weighted by molar-refractivity contribution is 0.0696. The zero-order chi connectivity index (χ0) is 12.3. The monoisotopic (exact) mass is 220 g/mol. The van der Waals surface area contributed by atoms with E-state index in [0.29, 0.717) is 0 Å². The van der Waals surface area contributed by atoms with E-state index < -0.39 is 5.97 Å². The Labute approximate surface area is 94.6 Å². The Morgan fingerprint density at radius 3 is 2.56 bits per heavy atom. The van der Waals surface area contributed by atoms with Crippen molar-refractivity contribution < 1.29 is 9.90 Å². The molecule has 2 heterocycles. The lowest BCUT2D eigenvalue weighted by Crippen LogP contribution is -2.01. The smallest absolute Gasteiger partial charge is 0.337 e. The number of nitrogens with zero attached hydrogens (tertiary/aromatic N) is 2. The van der Waals surface area contributed by atoms with Gasteiger partial charge in [0.2, 0.25) is 0 Å². The van der Waals surface area contributed by atoms with E-state index in [0.717, 1.165) is 16.9 Å². The van der Waals surface area contributed by atoms with Gasteiger partial charge in [0.25, 0.3) is 0 Å². The van der Waals surface area contributed by atoms with Gasteiger partial charge < -0.3 is 9.51 Å². The third kappa shape index (κ3) is 2.05. The van der Waals surface area contributed by atoms with E-state index in [-0.39, 0.29) is 5.56 Å². The zero-order valence-corrected chi connectivity index (χ0v) is 9.98. The Hall–Kier alpha value is -1.84. The summed E-state index contributed by atoms with van der Waals surface area (Å²) < 4.78 is 1.79. The van der Waals surface area contributed by atoms with Gasteiger partial charge in [-0.15, -0.1) is 0 Å². The molecule has 0 radical (unpaired) electrons. The summed E-state index contributed by atoms with van der Waals surface area (Å²) >= 11 is 0. The van der Waals surface area contributed by atoms with Crippen LogP contribution in [0.15, 0.2) is 18.5 Å². The molecular weight excluding hydrogens is 204 g/mol. The first-order valence-electron chi connectivity index (χ1n) is 5.27. The van der Waals surface area contributed by atoms with Gasteiger partial charge in [0.15, 0.2) is 0 Å². The minimum Gasteiger partial charge on any atom is -0.478 e. The van der Waals surface area contributed by atoms with Crippen LogP contribution in [0.3, 0.4) is 0 Å². The molecule has 0 saturated heterocycles. The third-order valence-electron chi connectivity index (χ3n) is 2.22. The molecule has 2 rings (SSSR count). The number of aromatic nitrogens is 2. The summed E-state index contributed by atoms with van der Waals surface area (Å²) in [4.78, 5) is 15.0. The van der Waals surface area contributed by atoms with Gasteiger partial charge in [0.1, 0.15) is 5.65 Å². The molecule has 0 bridgehead atoms. The number of carboxylic acid groups (broad SMARTS) is 1. The van der Waals surface area contributed by atoms with Gasteiger partial charge in [-0.3, -0.25) is 0 Å². The van der Waals surface area contributed by atoms with Crippen molar-refractivity contribution in [3.05, 3.63) is 35.3 Å². The molecule has 4 nitrogen and oxygen atoms in total. The van der Waals surface area contributed by atoms with Crippen molar-refractivity contribution in [2.24, 2.45) is 0 Å². The molecule has 4 heteroatoms.